The molecule has 1 nitrogen and oxygen atoms in total. The van der Waals surface area contributed by atoms with Crippen molar-refractivity contribution >= 4 is 64.6 Å². The van der Waals surface area contributed by atoms with Gasteiger partial charge in [0.25, 0.3) is 0 Å². The summed E-state index contributed by atoms with van der Waals surface area (Å²) < 4.78 is 6.68. The normalized spacial score (nSPS) is 12.2. The van der Waals surface area contributed by atoms with Gasteiger partial charge in [0.1, 0.15) is 11.5 Å². The van der Waals surface area contributed by atoms with Crippen molar-refractivity contribution in [3.63, 3.8) is 0 Å². The van der Waals surface area contributed by atoms with E-state index < -0.39 is 0 Å². The first-order valence-electron chi connectivity index (χ1n) is 16.9. The number of fused-ring (bicyclic) bond motifs is 9. The number of hydrogen-bond acceptors (Lipinski definition) is 1. The Hall–Kier alpha value is -6.44. The van der Waals surface area contributed by atoms with E-state index in [4.69, 9.17) is 4.74 Å². The summed E-state index contributed by atoms with van der Waals surface area (Å²) in [4.78, 5) is 0. The molecule has 0 saturated carbocycles. The number of benzene rings is 10. The van der Waals surface area contributed by atoms with Crippen LogP contribution in [0.3, 0.4) is 0 Å². The Labute approximate surface area is 283 Å². The molecular formula is C48H28O. The van der Waals surface area contributed by atoms with Gasteiger partial charge in [0.2, 0.25) is 0 Å². The molecule has 49 heavy (non-hydrogen) atoms. The van der Waals surface area contributed by atoms with Crippen molar-refractivity contribution in [2.75, 3.05) is 0 Å². The van der Waals surface area contributed by atoms with Crippen molar-refractivity contribution in [1.82, 2.24) is 0 Å². The molecule has 10 aromatic carbocycles. The van der Waals surface area contributed by atoms with E-state index in [1.807, 2.05) is 0 Å². The van der Waals surface area contributed by atoms with Crippen LogP contribution in [0.5, 0.6) is 11.5 Å². The molecule has 0 spiro atoms. The van der Waals surface area contributed by atoms with Gasteiger partial charge in [-0.25, -0.2) is 0 Å². The monoisotopic (exact) mass is 620 g/mol. The molecule has 0 bridgehead atoms. The van der Waals surface area contributed by atoms with Gasteiger partial charge >= 0.3 is 0 Å². The second-order valence-corrected chi connectivity index (χ2v) is 13.2. The number of hydrogen-bond donors (Lipinski definition) is 0. The lowest BCUT2D eigenvalue weighted by Gasteiger charge is -2.23. The van der Waals surface area contributed by atoms with Crippen LogP contribution in [0.1, 0.15) is 0 Å². The Morgan fingerprint density at radius 1 is 0.286 bits per heavy atom. The predicted octanol–water partition coefficient (Wildman–Crippen LogP) is 13.7. The number of rotatable bonds is 2. The summed E-state index contributed by atoms with van der Waals surface area (Å²) in [5.41, 5.74) is 7.29. The fourth-order valence-electron chi connectivity index (χ4n) is 8.43. The standard InChI is InChI=1S/C48H28O/c1-5-16-34-29(11-1)15-9-20-39(34)47-36-18-7-4-13-31(36)27-43-41(25-30-12-3-8-19-37(30)48(43)47)33-23-24-44-42(26-33)40-22-10-21-38-35-17-6-2-14-32(35)28-45(49-44)46(38)40/h1-28H. The minimum atomic E-state index is 0.894. The van der Waals surface area contributed by atoms with Gasteiger partial charge in [0.15, 0.2) is 0 Å². The molecule has 0 amide bonds. The summed E-state index contributed by atoms with van der Waals surface area (Å²) >= 11 is 0. The average molecular weight is 621 g/mol. The first-order valence-corrected chi connectivity index (χ1v) is 16.9. The molecule has 226 valence electrons. The molecule has 0 unspecified atom stereocenters. The van der Waals surface area contributed by atoms with Crippen molar-refractivity contribution in [2.24, 2.45) is 0 Å². The van der Waals surface area contributed by atoms with Crippen molar-refractivity contribution in [3.8, 4) is 44.9 Å². The quantitative estimate of drug-likeness (QED) is 0.138. The maximum Gasteiger partial charge on any atom is 0.136 e. The zero-order chi connectivity index (χ0) is 32.1. The van der Waals surface area contributed by atoms with E-state index in [0.717, 1.165) is 17.1 Å². The lowest BCUT2D eigenvalue weighted by molar-refractivity contribution is 0.488. The highest BCUT2D eigenvalue weighted by atomic mass is 16.5. The minimum Gasteiger partial charge on any atom is -0.456 e. The summed E-state index contributed by atoms with van der Waals surface area (Å²) in [7, 11) is 0. The molecule has 0 radical (unpaired) electrons. The van der Waals surface area contributed by atoms with Crippen LogP contribution >= 0.6 is 0 Å². The van der Waals surface area contributed by atoms with Crippen LogP contribution in [0.25, 0.3) is 98.0 Å². The Kier molecular flexibility index (Phi) is 5.45. The van der Waals surface area contributed by atoms with Gasteiger partial charge in [0.05, 0.1) is 0 Å². The van der Waals surface area contributed by atoms with Crippen molar-refractivity contribution in [1.29, 1.82) is 0 Å². The highest BCUT2D eigenvalue weighted by Gasteiger charge is 2.23. The molecule has 0 aromatic heterocycles. The smallest absolute Gasteiger partial charge is 0.136 e. The van der Waals surface area contributed by atoms with Crippen LogP contribution in [0, 0.1) is 0 Å². The summed E-state index contributed by atoms with van der Waals surface area (Å²) in [6.07, 6.45) is 0. The summed E-state index contributed by atoms with van der Waals surface area (Å²) in [5.74, 6) is 1.82. The van der Waals surface area contributed by atoms with Gasteiger partial charge in [-0.3, -0.25) is 0 Å². The van der Waals surface area contributed by atoms with E-state index in [1.165, 1.54) is 92.5 Å². The van der Waals surface area contributed by atoms with Gasteiger partial charge in [-0.1, -0.05) is 140 Å². The van der Waals surface area contributed by atoms with E-state index in [9.17, 15) is 0 Å². The predicted molar refractivity (Wildman–Crippen MR) is 208 cm³/mol. The second kappa shape index (κ2) is 10.0. The molecular weight excluding hydrogens is 593 g/mol. The molecule has 0 aliphatic carbocycles. The van der Waals surface area contributed by atoms with E-state index >= 15 is 0 Å². The Morgan fingerprint density at radius 3 is 1.73 bits per heavy atom. The van der Waals surface area contributed by atoms with Gasteiger partial charge in [0, 0.05) is 10.9 Å². The van der Waals surface area contributed by atoms with E-state index in [-0.39, 0.29) is 0 Å². The topological polar surface area (TPSA) is 9.23 Å². The summed E-state index contributed by atoms with van der Waals surface area (Å²) in [5, 5.41) is 14.9. The fourth-order valence-corrected chi connectivity index (χ4v) is 8.43. The van der Waals surface area contributed by atoms with Crippen molar-refractivity contribution in [3.05, 3.63) is 170 Å². The van der Waals surface area contributed by atoms with Crippen LogP contribution < -0.4 is 4.74 Å². The Morgan fingerprint density at radius 2 is 0.898 bits per heavy atom. The van der Waals surface area contributed by atoms with Crippen LogP contribution in [-0.2, 0) is 0 Å². The third kappa shape index (κ3) is 3.82. The van der Waals surface area contributed by atoms with Crippen LogP contribution in [0.15, 0.2) is 170 Å². The molecule has 1 aliphatic rings. The van der Waals surface area contributed by atoms with E-state index in [0.29, 0.717) is 0 Å². The molecule has 0 saturated heterocycles. The second-order valence-electron chi connectivity index (χ2n) is 13.2. The molecule has 1 heteroatoms. The molecule has 10 aromatic rings. The van der Waals surface area contributed by atoms with E-state index in [2.05, 4.69) is 170 Å². The zero-order valence-electron chi connectivity index (χ0n) is 26.6. The molecule has 11 rings (SSSR count). The summed E-state index contributed by atoms with van der Waals surface area (Å²) in [6.45, 7) is 0. The Balaban J connectivity index is 1.24. The molecule has 0 fully saturated rings. The lowest BCUT2D eigenvalue weighted by Crippen LogP contribution is -1.98. The Bertz CT molecular complexity index is 3020. The van der Waals surface area contributed by atoms with Gasteiger partial charge in [-0.2, -0.15) is 0 Å². The zero-order valence-corrected chi connectivity index (χ0v) is 26.6. The highest BCUT2D eigenvalue weighted by Crippen LogP contribution is 2.51. The SMILES string of the molecule is c1ccc2c(-c3c4ccccc4cc4c(-c5ccc6c(c5)-c5cccc7c5c(cc5ccccc57)O6)cc5ccccc5c34)cccc2c1. The van der Waals surface area contributed by atoms with Crippen molar-refractivity contribution in [2.45, 2.75) is 0 Å². The minimum absolute atomic E-state index is 0.894. The van der Waals surface area contributed by atoms with Gasteiger partial charge in [-0.05, 0) is 117 Å². The maximum atomic E-state index is 6.68. The molecule has 1 aliphatic heterocycles. The average Bonchev–Trinajstić information content (AvgIpc) is 3.16. The largest absolute Gasteiger partial charge is 0.456 e. The van der Waals surface area contributed by atoms with Crippen LogP contribution in [-0.4, -0.2) is 0 Å². The fraction of sp³-hybridized carbons (Fsp3) is 0. The highest BCUT2D eigenvalue weighted by molar-refractivity contribution is 6.27. The van der Waals surface area contributed by atoms with Gasteiger partial charge in [-0.15, -0.1) is 0 Å². The third-order valence-corrected chi connectivity index (χ3v) is 10.6. The van der Waals surface area contributed by atoms with Crippen molar-refractivity contribution < 1.29 is 4.74 Å². The maximum absolute atomic E-state index is 6.68. The first kappa shape index (κ1) is 26.6. The molecule has 1 heterocycles. The third-order valence-electron chi connectivity index (χ3n) is 10.6. The number of ether oxygens (including phenoxy) is 1. The summed E-state index contributed by atoms with van der Waals surface area (Å²) in [6, 6.07) is 62.1. The molecule has 0 atom stereocenters. The molecule has 0 N–H and O–H groups in total. The van der Waals surface area contributed by atoms with Crippen LogP contribution in [0.2, 0.25) is 0 Å². The van der Waals surface area contributed by atoms with E-state index in [1.54, 1.807) is 0 Å². The lowest BCUT2D eigenvalue weighted by atomic mass is 9.84. The first-order chi connectivity index (χ1) is 24.3. The van der Waals surface area contributed by atoms with Crippen LogP contribution in [0.4, 0.5) is 0 Å². The van der Waals surface area contributed by atoms with Gasteiger partial charge < -0.3 is 4.74 Å².